The van der Waals surface area contributed by atoms with E-state index < -0.39 is 0 Å². The summed E-state index contributed by atoms with van der Waals surface area (Å²) in [6, 6.07) is 5.54. The second-order valence-corrected chi connectivity index (χ2v) is 3.54. The molecule has 0 fully saturated rings. The van der Waals surface area contributed by atoms with E-state index in [4.69, 9.17) is 4.74 Å². The molecule has 3 heteroatoms. The monoisotopic (exact) mass is 196 g/mol. The van der Waals surface area contributed by atoms with Crippen LogP contribution >= 0.6 is 11.8 Å². The summed E-state index contributed by atoms with van der Waals surface area (Å²) in [5, 5.41) is 0. The van der Waals surface area contributed by atoms with Crippen LogP contribution in [0.5, 0.6) is 5.75 Å². The number of thioether (sulfide) groups is 1. The topological polar surface area (TPSA) is 26.3 Å². The molecular weight excluding hydrogens is 184 g/mol. The molecule has 0 saturated heterocycles. The van der Waals surface area contributed by atoms with Gasteiger partial charge in [-0.1, -0.05) is 0 Å². The summed E-state index contributed by atoms with van der Waals surface area (Å²) >= 11 is 1.60. The number of methoxy groups -OCH3 is 1. The molecular formula is C10H12O2S. The number of rotatable bonds is 3. The Bertz CT molecular complexity index is 298. The van der Waals surface area contributed by atoms with Crippen molar-refractivity contribution >= 4 is 17.5 Å². The molecule has 0 atom stereocenters. The van der Waals surface area contributed by atoms with Crippen molar-refractivity contribution in [3.63, 3.8) is 0 Å². The number of hydrogen-bond acceptors (Lipinski definition) is 3. The Hall–Kier alpha value is -0.960. The van der Waals surface area contributed by atoms with Crippen LogP contribution in [0, 0.1) is 0 Å². The molecule has 0 saturated carbocycles. The lowest BCUT2D eigenvalue weighted by Crippen LogP contribution is -1.93. The average molecular weight is 196 g/mol. The molecule has 0 heterocycles. The maximum atomic E-state index is 11.1. The lowest BCUT2D eigenvalue weighted by molar-refractivity contribution is 0.101. The van der Waals surface area contributed by atoms with Gasteiger partial charge in [-0.3, -0.25) is 4.79 Å². The van der Waals surface area contributed by atoms with E-state index in [0.29, 0.717) is 5.56 Å². The van der Waals surface area contributed by atoms with Gasteiger partial charge < -0.3 is 4.74 Å². The Kier molecular flexibility index (Phi) is 3.37. The first-order valence-corrected chi connectivity index (χ1v) is 5.14. The van der Waals surface area contributed by atoms with Crippen LogP contribution in [0.4, 0.5) is 0 Å². The van der Waals surface area contributed by atoms with Gasteiger partial charge in [-0.2, -0.15) is 0 Å². The number of ketones is 1. The van der Waals surface area contributed by atoms with Gasteiger partial charge in [0.05, 0.1) is 7.11 Å². The van der Waals surface area contributed by atoms with Gasteiger partial charge in [0, 0.05) is 10.5 Å². The molecule has 0 spiro atoms. The Morgan fingerprint density at radius 3 is 2.54 bits per heavy atom. The lowest BCUT2D eigenvalue weighted by Gasteiger charge is -2.04. The quantitative estimate of drug-likeness (QED) is 0.549. The predicted octanol–water partition coefficient (Wildman–Crippen LogP) is 2.62. The first-order valence-electron chi connectivity index (χ1n) is 3.91. The predicted molar refractivity (Wildman–Crippen MR) is 54.8 cm³/mol. The SMILES string of the molecule is COc1cc(SC)cc(C(C)=O)c1. The Morgan fingerprint density at radius 2 is 2.08 bits per heavy atom. The fourth-order valence-corrected chi connectivity index (χ4v) is 1.49. The van der Waals surface area contributed by atoms with Gasteiger partial charge in [-0.15, -0.1) is 11.8 Å². The Morgan fingerprint density at radius 1 is 1.38 bits per heavy atom. The van der Waals surface area contributed by atoms with E-state index in [-0.39, 0.29) is 5.78 Å². The van der Waals surface area contributed by atoms with Crippen LogP contribution in [0.25, 0.3) is 0 Å². The molecule has 70 valence electrons. The third kappa shape index (κ3) is 2.49. The van der Waals surface area contributed by atoms with Crippen molar-refractivity contribution in [2.24, 2.45) is 0 Å². The van der Waals surface area contributed by atoms with E-state index in [1.54, 1.807) is 31.9 Å². The molecule has 0 bridgehead atoms. The van der Waals surface area contributed by atoms with Gasteiger partial charge in [-0.05, 0) is 31.4 Å². The van der Waals surface area contributed by atoms with Crippen molar-refractivity contribution < 1.29 is 9.53 Å². The van der Waals surface area contributed by atoms with Crippen molar-refractivity contribution in [1.82, 2.24) is 0 Å². The van der Waals surface area contributed by atoms with Crippen LogP contribution in [0.3, 0.4) is 0 Å². The van der Waals surface area contributed by atoms with E-state index in [2.05, 4.69) is 0 Å². The third-order valence-corrected chi connectivity index (χ3v) is 2.47. The molecule has 2 nitrogen and oxygen atoms in total. The smallest absolute Gasteiger partial charge is 0.159 e. The normalized spacial score (nSPS) is 9.77. The van der Waals surface area contributed by atoms with Gasteiger partial charge in [-0.25, -0.2) is 0 Å². The zero-order valence-electron chi connectivity index (χ0n) is 7.96. The molecule has 1 aromatic carbocycles. The van der Waals surface area contributed by atoms with E-state index in [0.717, 1.165) is 10.6 Å². The van der Waals surface area contributed by atoms with Crippen LogP contribution < -0.4 is 4.74 Å². The molecule has 0 aromatic heterocycles. The third-order valence-electron chi connectivity index (χ3n) is 1.76. The van der Waals surface area contributed by atoms with Crippen molar-refractivity contribution in [3.8, 4) is 5.75 Å². The van der Waals surface area contributed by atoms with Crippen LogP contribution in [-0.2, 0) is 0 Å². The molecule has 13 heavy (non-hydrogen) atoms. The minimum absolute atomic E-state index is 0.0641. The first-order chi connectivity index (χ1) is 6.17. The number of hydrogen-bond donors (Lipinski definition) is 0. The van der Waals surface area contributed by atoms with Crippen molar-refractivity contribution in [2.45, 2.75) is 11.8 Å². The van der Waals surface area contributed by atoms with E-state index >= 15 is 0 Å². The minimum atomic E-state index is 0.0641. The van der Waals surface area contributed by atoms with Crippen LogP contribution in [-0.4, -0.2) is 19.1 Å². The zero-order chi connectivity index (χ0) is 9.84. The summed E-state index contributed by atoms with van der Waals surface area (Å²) in [6.45, 7) is 1.55. The molecule has 0 N–H and O–H groups in total. The molecule has 1 aromatic rings. The van der Waals surface area contributed by atoms with Gasteiger partial charge in [0.2, 0.25) is 0 Å². The van der Waals surface area contributed by atoms with Gasteiger partial charge >= 0.3 is 0 Å². The Balaban J connectivity index is 3.14. The summed E-state index contributed by atoms with van der Waals surface area (Å²) in [7, 11) is 1.60. The summed E-state index contributed by atoms with van der Waals surface area (Å²) in [6.07, 6.45) is 1.97. The summed E-state index contributed by atoms with van der Waals surface area (Å²) in [4.78, 5) is 12.2. The zero-order valence-corrected chi connectivity index (χ0v) is 8.77. The summed E-state index contributed by atoms with van der Waals surface area (Å²) < 4.78 is 5.08. The largest absolute Gasteiger partial charge is 0.497 e. The van der Waals surface area contributed by atoms with Gasteiger partial charge in [0.1, 0.15) is 5.75 Å². The highest BCUT2D eigenvalue weighted by atomic mass is 32.2. The standard InChI is InChI=1S/C10H12O2S/c1-7(11)8-4-9(12-2)6-10(5-8)13-3/h4-6H,1-3H3. The molecule has 0 aliphatic carbocycles. The van der Waals surface area contributed by atoms with Crippen molar-refractivity contribution in [1.29, 1.82) is 0 Å². The van der Waals surface area contributed by atoms with Crippen LogP contribution in [0.2, 0.25) is 0 Å². The van der Waals surface area contributed by atoms with Crippen LogP contribution in [0.1, 0.15) is 17.3 Å². The molecule has 1 rings (SSSR count). The van der Waals surface area contributed by atoms with Crippen LogP contribution in [0.15, 0.2) is 23.1 Å². The summed E-state index contributed by atoms with van der Waals surface area (Å²) in [5.41, 5.74) is 0.698. The fourth-order valence-electron chi connectivity index (χ4n) is 1.01. The number of carbonyl (C=O) groups is 1. The van der Waals surface area contributed by atoms with Crippen molar-refractivity contribution in [2.75, 3.05) is 13.4 Å². The highest BCUT2D eigenvalue weighted by Gasteiger charge is 2.03. The van der Waals surface area contributed by atoms with E-state index in [9.17, 15) is 4.79 Å². The van der Waals surface area contributed by atoms with E-state index in [1.807, 2.05) is 18.4 Å². The summed E-state index contributed by atoms with van der Waals surface area (Å²) in [5.74, 6) is 0.797. The fraction of sp³-hybridized carbons (Fsp3) is 0.300. The van der Waals surface area contributed by atoms with E-state index in [1.165, 1.54) is 0 Å². The minimum Gasteiger partial charge on any atom is -0.497 e. The second-order valence-electron chi connectivity index (χ2n) is 2.66. The first kappa shape index (κ1) is 10.1. The number of ether oxygens (including phenoxy) is 1. The molecule has 0 unspecified atom stereocenters. The Labute approximate surface area is 82.3 Å². The molecule has 0 aliphatic heterocycles. The average Bonchev–Trinajstić information content (AvgIpc) is 2.16. The number of Topliss-reactive ketones (excluding diaryl/α,β-unsaturated/α-hetero) is 1. The number of benzene rings is 1. The molecule has 0 radical (unpaired) electrons. The maximum Gasteiger partial charge on any atom is 0.159 e. The number of carbonyl (C=O) groups excluding carboxylic acids is 1. The van der Waals surface area contributed by atoms with Gasteiger partial charge in [0.25, 0.3) is 0 Å². The molecule has 0 aliphatic rings. The maximum absolute atomic E-state index is 11.1. The lowest BCUT2D eigenvalue weighted by atomic mass is 10.1. The second kappa shape index (κ2) is 4.33. The van der Waals surface area contributed by atoms with Crippen molar-refractivity contribution in [3.05, 3.63) is 23.8 Å². The van der Waals surface area contributed by atoms with Gasteiger partial charge in [0.15, 0.2) is 5.78 Å². The molecule has 0 amide bonds. The highest BCUT2D eigenvalue weighted by molar-refractivity contribution is 7.98. The highest BCUT2D eigenvalue weighted by Crippen LogP contribution is 2.23.